The quantitative estimate of drug-likeness (QED) is 0.861. The van der Waals surface area contributed by atoms with Crippen molar-refractivity contribution in [2.45, 2.75) is 17.4 Å². The highest BCUT2D eigenvalue weighted by molar-refractivity contribution is 7.92. The number of halogens is 1. The summed E-state index contributed by atoms with van der Waals surface area (Å²) < 4.78 is 67.1. The van der Waals surface area contributed by atoms with E-state index in [0.717, 1.165) is 6.07 Å². The molecule has 1 aromatic carbocycles. The number of nitrogens with one attached hydrogen (secondary N) is 1. The molecular weight excluding hydrogens is 309 g/mol. The molecular formula is C11H14FNO5S2. The van der Waals surface area contributed by atoms with Crippen LogP contribution >= 0.6 is 0 Å². The zero-order chi connectivity index (χ0) is 15.0. The molecule has 1 aliphatic rings. The lowest BCUT2D eigenvalue weighted by Crippen LogP contribution is -2.35. The summed E-state index contributed by atoms with van der Waals surface area (Å²) >= 11 is 0. The first-order valence-corrected chi connectivity index (χ1v) is 9.10. The van der Waals surface area contributed by atoms with Crippen LogP contribution in [0.25, 0.3) is 0 Å². The molecule has 0 saturated carbocycles. The maximum absolute atomic E-state index is 13.5. The summed E-state index contributed by atoms with van der Waals surface area (Å²) in [4.78, 5) is -0.264. The van der Waals surface area contributed by atoms with Gasteiger partial charge in [0, 0.05) is 6.04 Å². The van der Waals surface area contributed by atoms with Gasteiger partial charge in [-0.1, -0.05) is 0 Å². The first kappa shape index (κ1) is 15.2. The highest BCUT2D eigenvalue weighted by Gasteiger charge is 2.31. The number of sulfone groups is 1. The fourth-order valence-electron chi connectivity index (χ4n) is 1.99. The van der Waals surface area contributed by atoms with Crippen LogP contribution in [-0.4, -0.2) is 41.5 Å². The summed E-state index contributed by atoms with van der Waals surface area (Å²) in [5, 5.41) is 0. The molecule has 2 rings (SSSR count). The van der Waals surface area contributed by atoms with Crippen LogP contribution in [0.5, 0.6) is 5.75 Å². The number of benzene rings is 1. The predicted molar refractivity (Wildman–Crippen MR) is 70.3 cm³/mol. The van der Waals surface area contributed by atoms with Gasteiger partial charge < -0.3 is 4.74 Å². The van der Waals surface area contributed by atoms with Crippen LogP contribution < -0.4 is 9.46 Å². The summed E-state index contributed by atoms with van der Waals surface area (Å²) in [6.45, 7) is 0. The number of rotatable bonds is 4. The Morgan fingerprint density at radius 2 is 2.10 bits per heavy atom. The van der Waals surface area contributed by atoms with Gasteiger partial charge in [-0.2, -0.15) is 0 Å². The predicted octanol–water partition coefficient (Wildman–Crippen LogP) is 0.300. The molecule has 0 aliphatic carbocycles. The fraction of sp³-hybridized carbons (Fsp3) is 0.455. The van der Waals surface area contributed by atoms with Gasteiger partial charge in [-0.25, -0.2) is 25.9 Å². The normalized spacial score (nSPS) is 21.8. The van der Waals surface area contributed by atoms with E-state index in [-0.39, 0.29) is 28.6 Å². The van der Waals surface area contributed by atoms with E-state index in [2.05, 4.69) is 4.72 Å². The largest absolute Gasteiger partial charge is 0.494 e. The van der Waals surface area contributed by atoms with E-state index in [1.54, 1.807) is 0 Å². The molecule has 20 heavy (non-hydrogen) atoms. The Morgan fingerprint density at radius 3 is 2.60 bits per heavy atom. The van der Waals surface area contributed by atoms with Crippen molar-refractivity contribution in [2.75, 3.05) is 18.6 Å². The third-order valence-electron chi connectivity index (χ3n) is 2.99. The van der Waals surface area contributed by atoms with Crippen molar-refractivity contribution in [3.63, 3.8) is 0 Å². The molecule has 112 valence electrons. The van der Waals surface area contributed by atoms with Crippen LogP contribution in [0, 0.1) is 5.82 Å². The minimum atomic E-state index is -3.95. The lowest BCUT2D eigenvalue weighted by molar-refractivity contribution is 0.385. The highest BCUT2D eigenvalue weighted by atomic mass is 32.2. The summed E-state index contributed by atoms with van der Waals surface area (Å²) in [6, 6.07) is 2.57. The van der Waals surface area contributed by atoms with E-state index in [0.29, 0.717) is 0 Å². The van der Waals surface area contributed by atoms with Gasteiger partial charge in [0.25, 0.3) is 0 Å². The van der Waals surface area contributed by atoms with Crippen LogP contribution in [-0.2, 0) is 19.9 Å². The topological polar surface area (TPSA) is 89.5 Å². The molecule has 6 nitrogen and oxygen atoms in total. The monoisotopic (exact) mass is 323 g/mol. The average Bonchev–Trinajstić information content (AvgIpc) is 2.67. The maximum atomic E-state index is 13.5. The van der Waals surface area contributed by atoms with Crippen molar-refractivity contribution in [1.82, 2.24) is 4.72 Å². The Kier molecular flexibility index (Phi) is 4.03. The van der Waals surface area contributed by atoms with E-state index in [1.165, 1.54) is 19.2 Å². The van der Waals surface area contributed by atoms with Crippen molar-refractivity contribution < 1.29 is 26.0 Å². The third kappa shape index (κ3) is 3.28. The Balaban J connectivity index is 2.21. The molecule has 0 amide bonds. The molecule has 1 N–H and O–H groups in total. The van der Waals surface area contributed by atoms with Gasteiger partial charge >= 0.3 is 0 Å². The van der Waals surface area contributed by atoms with Gasteiger partial charge in [-0.15, -0.1) is 0 Å². The van der Waals surface area contributed by atoms with E-state index in [4.69, 9.17) is 4.74 Å². The highest BCUT2D eigenvalue weighted by Crippen LogP contribution is 2.21. The van der Waals surface area contributed by atoms with E-state index >= 15 is 0 Å². The Bertz CT molecular complexity index is 714. The molecule has 1 unspecified atom stereocenters. The third-order valence-corrected chi connectivity index (χ3v) is 6.27. The first-order chi connectivity index (χ1) is 9.23. The number of hydrogen-bond acceptors (Lipinski definition) is 5. The summed E-state index contributed by atoms with van der Waals surface area (Å²) in [7, 11) is -5.87. The van der Waals surface area contributed by atoms with E-state index < -0.39 is 31.7 Å². The zero-order valence-electron chi connectivity index (χ0n) is 10.7. The lowest BCUT2D eigenvalue weighted by atomic mass is 10.3. The molecule has 1 heterocycles. The minimum Gasteiger partial charge on any atom is -0.494 e. The second kappa shape index (κ2) is 5.30. The standard InChI is InChI=1S/C11H14FNO5S2/c1-18-11-3-2-9(6-10(11)12)20(16,17)13-8-4-5-19(14,15)7-8/h2-3,6,8,13H,4-5,7H2,1H3. The second-order valence-electron chi connectivity index (χ2n) is 4.52. The molecule has 0 bridgehead atoms. The number of hydrogen-bond donors (Lipinski definition) is 1. The summed E-state index contributed by atoms with van der Waals surface area (Å²) in [5.74, 6) is -1.14. The van der Waals surface area contributed by atoms with E-state index in [1.807, 2.05) is 0 Å². The van der Waals surface area contributed by atoms with Crippen LogP contribution in [0.4, 0.5) is 4.39 Å². The maximum Gasteiger partial charge on any atom is 0.240 e. The molecule has 1 aliphatic heterocycles. The summed E-state index contributed by atoms with van der Waals surface area (Å²) in [6.07, 6.45) is 0.222. The smallest absolute Gasteiger partial charge is 0.240 e. The Hall–Kier alpha value is -1.19. The molecule has 1 saturated heterocycles. The summed E-state index contributed by atoms with van der Waals surface area (Å²) in [5.41, 5.74) is 0. The Morgan fingerprint density at radius 1 is 1.40 bits per heavy atom. The van der Waals surface area contributed by atoms with Gasteiger partial charge in [0.1, 0.15) is 0 Å². The van der Waals surface area contributed by atoms with Gasteiger partial charge in [0.2, 0.25) is 10.0 Å². The second-order valence-corrected chi connectivity index (χ2v) is 8.46. The number of ether oxygens (including phenoxy) is 1. The van der Waals surface area contributed by atoms with Crippen molar-refractivity contribution in [1.29, 1.82) is 0 Å². The van der Waals surface area contributed by atoms with Gasteiger partial charge in [-0.3, -0.25) is 0 Å². The van der Waals surface area contributed by atoms with Gasteiger partial charge in [-0.05, 0) is 24.6 Å². The van der Waals surface area contributed by atoms with Crippen molar-refractivity contribution in [3.8, 4) is 5.75 Å². The zero-order valence-corrected chi connectivity index (χ0v) is 12.3. The van der Waals surface area contributed by atoms with Crippen LogP contribution in [0.2, 0.25) is 0 Å². The average molecular weight is 323 g/mol. The molecule has 0 radical (unpaired) electrons. The van der Waals surface area contributed by atoms with Gasteiger partial charge in [0.15, 0.2) is 21.4 Å². The SMILES string of the molecule is COc1ccc(S(=O)(=O)NC2CCS(=O)(=O)C2)cc1F. The van der Waals surface area contributed by atoms with Crippen LogP contribution in [0.15, 0.2) is 23.1 Å². The molecule has 0 spiro atoms. The number of methoxy groups -OCH3 is 1. The van der Waals surface area contributed by atoms with Crippen molar-refractivity contribution >= 4 is 19.9 Å². The van der Waals surface area contributed by atoms with Crippen LogP contribution in [0.3, 0.4) is 0 Å². The van der Waals surface area contributed by atoms with Crippen molar-refractivity contribution in [3.05, 3.63) is 24.0 Å². The lowest BCUT2D eigenvalue weighted by Gasteiger charge is -2.12. The molecule has 1 atom stereocenters. The van der Waals surface area contributed by atoms with Crippen LogP contribution in [0.1, 0.15) is 6.42 Å². The molecule has 1 aromatic rings. The van der Waals surface area contributed by atoms with E-state index in [9.17, 15) is 21.2 Å². The molecule has 1 fully saturated rings. The van der Waals surface area contributed by atoms with Crippen molar-refractivity contribution in [2.24, 2.45) is 0 Å². The Labute approximate surface area is 116 Å². The molecule has 9 heteroatoms. The number of sulfonamides is 1. The minimum absolute atomic E-state index is 0.0445. The first-order valence-electron chi connectivity index (χ1n) is 5.80. The van der Waals surface area contributed by atoms with Gasteiger partial charge in [0.05, 0.1) is 23.5 Å². The fourth-order valence-corrected chi connectivity index (χ4v) is 5.05. The molecule has 0 aromatic heterocycles.